The Kier molecular flexibility index (Phi) is 6.36. The van der Waals surface area contributed by atoms with Crippen molar-refractivity contribution in [3.05, 3.63) is 157 Å². The quantitative estimate of drug-likeness (QED) is 0.181. The second kappa shape index (κ2) is 11.6. The summed E-state index contributed by atoms with van der Waals surface area (Å²) in [5.74, 6) is 2.69. The SMILES string of the molecule is C1=Cc2oc3cccc(-c4ccc5c(c4)oc4cccc(-c6nc(-c7ccc8ccccc8c7)nc(-c7cccc8oc9ccccc9c78)n6)c45)c3c2CC1. The largest absolute Gasteiger partial charge is 0.456 e. The minimum atomic E-state index is 0.568. The van der Waals surface area contributed by atoms with E-state index in [1.165, 1.54) is 10.9 Å². The Morgan fingerprint density at radius 2 is 1.04 bits per heavy atom. The van der Waals surface area contributed by atoms with Gasteiger partial charge in [0.15, 0.2) is 17.5 Å². The van der Waals surface area contributed by atoms with Crippen molar-refractivity contribution in [3.8, 4) is 45.3 Å². The summed E-state index contributed by atoms with van der Waals surface area (Å²) in [4.78, 5) is 15.6. The van der Waals surface area contributed by atoms with Crippen LogP contribution < -0.4 is 0 Å². The van der Waals surface area contributed by atoms with E-state index in [9.17, 15) is 0 Å². The van der Waals surface area contributed by atoms with E-state index >= 15 is 0 Å². The molecule has 0 bridgehead atoms. The average Bonchev–Trinajstić information content (AvgIpc) is 3.94. The Bertz CT molecular complexity index is 3400. The second-order valence-corrected chi connectivity index (χ2v) is 14.2. The molecular weight excluding hydrogens is 679 g/mol. The van der Waals surface area contributed by atoms with E-state index in [0.717, 1.165) is 107 Å². The molecule has 1 aliphatic rings. The van der Waals surface area contributed by atoms with E-state index in [0.29, 0.717) is 17.5 Å². The molecule has 0 spiro atoms. The predicted molar refractivity (Wildman–Crippen MR) is 221 cm³/mol. The molecule has 7 aromatic carbocycles. The van der Waals surface area contributed by atoms with Crippen LogP contribution in [0.2, 0.25) is 0 Å². The molecule has 4 heterocycles. The van der Waals surface area contributed by atoms with Crippen LogP contribution in [0.5, 0.6) is 0 Å². The number of allylic oxidation sites excluding steroid dienone is 1. The van der Waals surface area contributed by atoms with Gasteiger partial charge in [-0.3, -0.25) is 0 Å². The standard InChI is InChI=1S/C49H29N3O3/c1-2-11-29-26-31(23-22-28(29)10-1)47-50-48(36-15-8-20-41-45(36)34-13-4-6-18-39(34)54-41)52-49(51-47)37-16-9-21-42-46(37)35-25-24-30(27-43(35)55-42)32-14-7-19-40-44(32)33-12-3-5-17-38(33)53-40/h1-2,4-11,13-27H,3,12H2. The first-order chi connectivity index (χ1) is 27.2. The zero-order valence-electron chi connectivity index (χ0n) is 29.4. The van der Waals surface area contributed by atoms with Gasteiger partial charge in [-0.25, -0.2) is 15.0 Å². The monoisotopic (exact) mass is 707 g/mol. The van der Waals surface area contributed by atoms with E-state index in [2.05, 4.69) is 109 Å². The summed E-state index contributed by atoms with van der Waals surface area (Å²) in [6.07, 6.45) is 6.26. The Labute approximate surface area is 314 Å². The molecular formula is C49H29N3O3. The summed E-state index contributed by atoms with van der Waals surface area (Å²) in [5, 5.41) is 7.40. The molecule has 12 rings (SSSR count). The molecule has 0 fully saturated rings. The van der Waals surface area contributed by atoms with Gasteiger partial charge in [-0.05, 0) is 83.3 Å². The van der Waals surface area contributed by atoms with Gasteiger partial charge in [0.25, 0.3) is 0 Å². The number of aryl methyl sites for hydroxylation is 1. The van der Waals surface area contributed by atoms with Gasteiger partial charge in [-0.1, -0.05) is 103 Å². The summed E-state index contributed by atoms with van der Waals surface area (Å²) in [5.41, 5.74) is 10.2. The van der Waals surface area contributed by atoms with Crippen molar-refractivity contribution in [2.75, 3.05) is 0 Å². The molecule has 0 amide bonds. The first kappa shape index (κ1) is 30.2. The average molecular weight is 708 g/mol. The summed E-state index contributed by atoms with van der Waals surface area (Å²) < 4.78 is 19.2. The van der Waals surface area contributed by atoms with Crippen LogP contribution in [0.3, 0.4) is 0 Å². The third-order valence-corrected chi connectivity index (χ3v) is 11.0. The lowest BCUT2D eigenvalue weighted by Gasteiger charge is -2.10. The van der Waals surface area contributed by atoms with Gasteiger partial charge in [0, 0.05) is 49.2 Å². The Hall–Kier alpha value is -7.31. The fourth-order valence-corrected chi connectivity index (χ4v) is 8.49. The van der Waals surface area contributed by atoms with E-state index < -0.39 is 0 Å². The highest BCUT2D eigenvalue weighted by Crippen LogP contribution is 2.42. The second-order valence-electron chi connectivity index (χ2n) is 14.2. The number of hydrogen-bond donors (Lipinski definition) is 0. The molecule has 0 atom stereocenters. The van der Waals surface area contributed by atoms with Gasteiger partial charge < -0.3 is 13.3 Å². The summed E-state index contributed by atoms with van der Waals surface area (Å²) >= 11 is 0. The third-order valence-electron chi connectivity index (χ3n) is 11.0. The molecule has 6 nitrogen and oxygen atoms in total. The van der Waals surface area contributed by atoms with Crippen molar-refractivity contribution in [3.63, 3.8) is 0 Å². The van der Waals surface area contributed by atoms with Gasteiger partial charge in [-0.15, -0.1) is 0 Å². The van der Waals surface area contributed by atoms with E-state index in [4.69, 9.17) is 28.2 Å². The van der Waals surface area contributed by atoms with Gasteiger partial charge in [0.2, 0.25) is 0 Å². The van der Waals surface area contributed by atoms with Crippen LogP contribution in [0, 0.1) is 0 Å². The first-order valence-corrected chi connectivity index (χ1v) is 18.6. The highest BCUT2D eigenvalue weighted by atomic mass is 16.3. The third kappa shape index (κ3) is 4.64. The summed E-state index contributed by atoms with van der Waals surface area (Å²) in [7, 11) is 0. The van der Waals surface area contributed by atoms with Crippen LogP contribution in [0.25, 0.3) is 117 Å². The van der Waals surface area contributed by atoms with Crippen LogP contribution in [0.4, 0.5) is 0 Å². The molecule has 258 valence electrons. The fraction of sp³-hybridized carbons (Fsp3) is 0.0408. The van der Waals surface area contributed by atoms with Crippen molar-refractivity contribution in [2.45, 2.75) is 12.8 Å². The lowest BCUT2D eigenvalue weighted by atomic mass is 9.94. The van der Waals surface area contributed by atoms with Crippen molar-refractivity contribution in [2.24, 2.45) is 0 Å². The topological polar surface area (TPSA) is 78.1 Å². The Morgan fingerprint density at radius 1 is 0.418 bits per heavy atom. The van der Waals surface area contributed by atoms with Crippen molar-refractivity contribution in [1.29, 1.82) is 0 Å². The highest BCUT2D eigenvalue weighted by molar-refractivity contribution is 6.14. The summed E-state index contributed by atoms with van der Waals surface area (Å²) in [6.45, 7) is 0. The molecule has 0 radical (unpaired) electrons. The Morgan fingerprint density at radius 3 is 1.84 bits per heavy atom. The number of rotatable bonds is 4. The van der Waals surface area contributed by atoms with Crippen LogP contribution in [-0.4, -0.2) is 15.0 Å². The van der Waals surface area contributed by atoms with Crippen LogP contribution in [0.1, 0.15) is 17.7 Å². The van der Waals surface area contributed by atoms with Crippen LogP contribution in [0.15, 0.2) is 159 Å². The fourth-order valence-electron chi connectivity index (χ4n) is 8.49. The first-order valence-electron chi connectivity index (χ1n) is 18.6. The zero-order valence-corrected chi connectivity index (χ0v) is 29.4. The lowest BCUT2D eigenvalue weighted by molar-refractivity contribution is 0.595. The van der Waals surface area contributed by atoms with E-state index in [1.807, 2.05) is 42.5 Å². The molecule has 55 heavy (non-hydrogen) atoms. The maximum atomic E-state index is 6.64. The molecule has 11 aromatic rings. The number of fused-ring (bicyclic) bond motifs is 10. The van der Waals surface area contributed by atoms with Crippen LogP contribution in [-0.2, 0) is 6.42 Å². The van der Waals surface area contributed by atoms with E-state index in [1.54, 1.807) is 0 Å². The van der Waals surface area contributed by atoms with E-state index in [-0.39, 0.29) is 0 Å². The van der Waals surface area contributed by atoms with Crippen molar-refractivity contribution < 1.29 is 13.3 Å². The molecule has 6 heteroatoms. The minimum Gasteiger partial charge on any atom is -0.456 e. The van der Waals surface area contributed by atoms with Gasteiger partial charge in [0.1, 0.15) is 33.7 Å². The van der Waals surface area contributed by atoms with Crippen molar-refractivity contribution >= 4 is 71.7 Å². The van der Waals surface area contributed by atoms with Gasteiger partial charge in [-0.2, -0.15) is 0 Å². The molecule has 0 N–H and O–H groups in total. The molecule has 0 saturated carbocycles. The lowest BCUT2D eigenvalue weighted by Crippen LogP contribution is -2.00. The predicted octanol–water partition coefficient (Wildman–Crippen LogP) is 13.2. The minimum absolute atomic E-state index is 0.568. The Balaban J connectivity index is 1.08. The molecule has 4 aromatic heterocycles. The molecule has 0 unspecified atom stereocenters. The number of para-hydroxylation sites is 1. The maximum Gasteiger partial charge on any atom is 0.164 e. The number of benzene rings is 7. The van der Waals surface area contributed by atoms with Crippen LogP contribution >= 0.6 is 0 Å². The molecule has 0 saturated heterocycles. The normalized spacial score (nSPS) is 12.9. The molecule has 1 aliphatic carbocycles. The number of nitrogens with zero attached hydrogens (tertiary/aromatic N) is 3. The number of hydrogen-bond acceptors (Lipinski definition) is 6. The maximum absolute atomic E-state index is 6.64. The highest BCUT2D eigenvalue weighted by Gasteiger charge is 2.22. The van der Waals surface area contributed by atoms with Gasteiger partial charge >= 0.3 is 0 Å². The number of aromatic nitrogens is 3. The smallest absolute Gasteiger partial charge is 0.164 e. The zero-order chi connectivity index (χ0) is 36.0. The summed E-state index contributed by atoms with van der Waals surface area (Å²) in [6, 6.07) is 47.8. The van der Waals surface area contributed by atoms with Gasteiger partial charge in [0.05, 0.1) is 0 Å². The van der Waals surface area contributed by atoms with Crippen molar-refractivity contribution in [1.82, 2.24) is 15.0 Å². The number of furan rings is 3. The molecule has 0 aliphatic heterocycles.